The molecule has 1 aromatic carbocycles. The number of hydrogen-bond acceptors (Lipinski definition) is 3. The Hall–Kier alpha value is -1.79. The predicted molar refractivity (Wildman–Crippen MR) is 87.6 cm³/mol. The van der Waals surface area contributed by atoms with Crippen molar-refractivity contribution in [3.63, 3.8) is 0 Å². The number of benzene rings is 1. The second-order valence-electron chi connectivity index (χ2n) is 4.31. The van der Waals surface area contributed by atoms with Crippen molar-refractivity contribution < 1.29 is 4.79 Å². The number of hydrogen-bond donors (Lipinski definition) is 0. The van der Waals surface area contributed by atoms with Gasteiger partial charge in [0.15, 0.2) is 12.1 Å². The van der Waals surface area contributed by atoms with E-state index in [0.29, 0.717) is 17.1 Å². The van der Waals surface area contributed by atoms with Crippen LogP contribution in [-0.2, 0) is 0 Å². The van der Waals surface area contributed by atoms with E-state index >= 15 is 0 Å². The zero-order chi connectivity index (χ0) is 14.8. The van der Waals surface area contributed by atoms with E-state index in [9.17, 15) is 4.79 Å². The van der Waals surface area contributed by atoms with E-state index in [1.54, 1.807) is 17.1 Å². The lowest BCUT2D eigenvalue weighted by Crippen LogP contribution is -1.97. The molecule has 0 radical (unpaired) electrons. The fourth-order valence-corrected chi connectivity index (χ4v) is 2.66. The molecule has 0 aliphatic carbocycles. The number of pyridine rings is 1. The lowest BCUT2D eigenvalue weighted by molar-refractivity contribution is 0.112. The topological polar surface area (TPSA) is 47.8 Å². The number of aromatic nitrogens is 3. The van der Waals surface area contributed by atoms with Gasteiger partial charge in [-0.3, -0.25) is 4.79 Å². The van der Waals surface area contributed by atoms with Gasteiger partial charge in [0.1, 0.15) is 5.69 Å². The molecule has 2 aromatic heterocycles. The SMILES string of the molecule is O=Cc1cn(-c2ccc(Br)cn2)nc1-c1ccccc1Br. The van der Waals surface area contributed by atoms with Crippen LogP contribution in [-0.4, -0.2) is 21.1 Å². The summed E-state index contributed by atoms with van der Waals surface area (Å²) in [4.78, 5) is 15.6. The van der Waals surface area contributed by atoms with Gasteiger partial charge in [0.25, 0.3) is 0 Å². The number of carbonyl (C=O) groups is 1. The molecular formula is C15H9Br2N3O. The summed E-state index contributed by atoms with van der Waals surface area (Å²) in [7, 11) is 0. The van der Waals surface area contributed by atoms with Gasteiger partial charge in [-0.05, 0) is 34.1 Å². The van der Waals surface area contributed by atoms with Crippen LogP contribution in [0.25, 0.3) is 17.1 Å². The van der Waals surface area contributed by atoms with E-state index in [4.69, 9.17) is 0 Å². The fraction of sp³-hybridized carbons (Fsp3) is 0. The molecule has 0 aliphatic heterocycles. The Kier molecular flexibility index (Phi) is 3.98. The predicted octanol–water partition coefficient (Wildman–Crippen LogP) is 4.27. The van der Waals surface area contributed by atoms with Crippen LogP contribution in [0.3, 0.4) is 0 Å². The minimum atomic E-state index is 0.520. The van der Waals surface area contributed by atoms with Gasteiger partial charge in [-0.1, -0.05) is 34.1 Å². The van der Waals surface area contributed by atoms with Gasteiger partial charge in [-0.15, -0.1) is 0 Å². The normalized spacial score (nSPS) is 10.6. The van der Waals surface area contributed by atoms with Gasteiger partial charge in [0.2, 0.25) is 0 Å². The standard InChI is InChI=1S/C15H9Br2N3O/c16-11-5-6-14(18-7-11)20-8-10(9-21)15(19-20)12-3-1-2-4-13(12)17/h1-9H. The highest BCUT2D eigenvalue weighted by atomic mass is 79.9. The molecule has 0 saturated carbocycles. The Labute approximate surface area is 138 Å². The van der Waals surface area contributed by atoms with Crippen LogP contribution in [0.1, 0.15) is 10.4 Å². The summed E-state index contributed by atoms with van der Waals surface area (Å²) in [5.41, 5.74) is 2.02. The summed E-state index contributed by atoms with van der Waals surface area (Å²) in [6.45, 7) is 0. The van der Waals surface area contributed by atoms with Gasteiger partial charge in [0.05, 0.1) is 5.56 Å². The zero-order valence-corrected chi connectivity index (χ0v) is 13.9. The van der Waals surface area contributed by atoms with Crippen molar-refractivity contribution in [2.24, 2.45) is 0 Å². The third-order valence-corrected chi connectivity index (χ3v) is 4.11. The van der Waals surface area contributed by atoms with Crippen molar-refractivity contribution in [1.29, 1.82) is 0 Å². The van der Waals surface area contributed by atoms with Crippen molar-refractivity contribution in [2.75, 3.05) is 0 Å². The van der Waals surface area contributed by atoms with Crippen molar-refractivity contribution in [2.45, 2.75) is 0 Å². The van der Waals surface area contributed by atoms with Crippen LogP contribution in [0.15, 0.2) is 57.7 Å². The van der Waals surface area contributed by atoms with Crippen LogP contribution in [0, 0.1) is 0 Å². The maximum atomic E-state index is 11.3. The average Bonchev–Trinajstić information content (AvgIpc) is 2.92. The Morgan fingerprint density at radius 2 is 1.90 bits per heavy atom. The summed E-state index contributed by atoms with van der Waals surface area (Å²) < 4.78 is 3.38. The maximum Gasteiger partial charge on any atom is 0.153 e. The number of nitrogens with zero attached hydrogens (tertiary/aromatic N) is 3. The van der Waals surface area contributed by atoms with E-state index in [1.165, 1.54) is 0 Å². The number of rotatable bonds is 3. The first-order chi connectivity index (χ1) is 10.2. The van der Waals surface area contributed by atoms with E-state index in [0.717, 1.165) is 20.8 Å². The van der Waals surface area contributed by atoms with Gasteiger partial charge in [0, 0.05) is 26.9 Å². The molecule has 2 heterocycles. The van der Waals surface area contributed by atoms with Crippen LogP contribution < -0.4 is 0 Å². The van der Waals surface area contributed by atoms with Gasteiger partial charge >= 0.3 is 0 Å². The van der Waals surface area contributed by atoms with Gasteiger partial charge in [-0.2, -0.15) is 5.10 Å². The molecule has 0 N–H and O–H groups in total. The summed E-state index contributed by atoms with van der Waals surface area (Å²) in [5, 5.41) is 4.49. The maximum absolute atomic E-state index is 11.3. The molecular weight excluding hydrogens is 398 g/mol. The van der Waals surface area contributed by atoms with Crippen molar-refractivity contribution in [1.82, 2.24) is 14.8 Å². The molecule has 0 aliphatic rings. The van der Waals surface area contributed by atoms with E-state index in [2.05, 4.69) is 41.9 Å². The first-order valence-electron chi connectivity index (χ1n) is 6.10. The van der Waals surface area contributed by atoms with Crippen LogP contribution in [0.4, 0.5) is 0 Å². The molecule has 0 unspecified atom stereocenters. The smallest absolute Gasteiger partial charge is 0.153 e. The molecule has 0 amide bonds. The Balaban J connectivity index is 2.13. The van der Waals surface area contributed by atoms with Crippen LogP contribution >= 0.6 is 31.9 Å². The molecule has 3 aromatic rings. The minimum absolute atomic E-state index is 0.520. The monoisotopic (exact) mass is 405 g/mol. The molecule has 6 heteroatoms. The third-order valence-electron chi connectivity index (χ3n) is 2.94. The molecule has 3 rings (SSSR count). The summed E-state index contributed by atoms with van der Waals surface area (Å²) >= 11 is 6.83. The third kappa shape index (κ3) is 2.82. The lowest BCUT2D eigenvalue weighted by Gasteiger charge is -2.02. The Morgan fingerprint density at radius 1 is 1.10 bits per heavy atom. The summed E-state index contributed by atoms with van der Waals surface area (Å²) in [5.74, 6) is 0.652. The molecule has 0 bridgehead atoms. The molecule has 104 valence electrons. The second kappa shape index (κ2) is 5.91. The van der Waals surface area contributed by atoms with Crippen LogP contribution in [0.5, 0.6) is 0 Å². The molecule has 0 spiro atoms. The molecule has 0 fully saturated rings. The van der Waals surface area contributed by atoms with E-state index < -0.39 is 0 Å². The Morgan fingerprint density at radius 3 is 2.57 bits per heavy atom. The summed E-state index contributed by atoms with van der Waals surface area (Å²) in [6.07, 6.45) is 4.17. The largest absolute Gasteiger partial charge is 0.298 e. The van der Waals surface area contributed by atoms with Gasteiger partial charge < -0.3 is 0 Å². The minimum Gasteiger partial charge on any atom is -0.298 e. The number of halogens is 2. The molecule has 0 atom stereocenters. The molecule has 21 heavy (non-hydrogen) atoms. The highest BCUT2D eigenvalue weighted by molar-refractivity contribution is 9.10. The number of aldehydes is 1. The molecule has 4 nitrogen and oxygen atoms in total. The van der Waals surface area contributed by atoms with Gasteiger partial charge in [-0.25, -0.2) is 9.67 Å². The highest BCUT2D eigenvalue weighted by Crippen LogP contribution is 2.29. The fourth-order valence-electron chi connectivity index (χ4n) is 1.96. The molecule has 0 saturated heterocycles. The number of carbonyl (C=O) groups excluding carboxylic acids is 1. The first-order valence-corrected chi connectivity index (χ1v) is 7.69. The zero-order valence-electron chi connectivity index (χ0n) is 10.7. The Bertz CT molecular complexity index is 797. The summed E-state index contributed by atoms with van der Waals surface area (Å²) in [6, 6.07) is 11.4. The van der Waals surface area contributed by atoms with Crippen LogP contribution in [0.2, 0.25) is 0 Å². The van der Waals surface area contributed by atoms with E-state index in [-0.39, 0.29) is 0 Å². The van der Waals surface area contributed by atoms with Crippen molar-refractivity contribution in [3.05, 3.63) is 63.3 Å². The lowest BCUT2D eigenvalue weighted by atomic mass is 10.1. The first kappa shape index (κ1) is 14.2. The average molecular weight is 407 g/mol. The quantitative estimate of drug-likeness (QED) is 0.610. The highest BCUT2D eigenvalue weighted by Gasteiger charge is 2.14. The van der Waals surface area contributed by atoms with Crippen molar-refractivity contribution >= 4 is 38.1 Å². The second-order valence-corrected chi connectivity index (χ2v) is 6.08. The van der Waals surface area contributed by atoms with E-state index in [1.807, 2.05) is 36.4 Å². The van der Waals surface area contributed by atoms with Crippen molar-refractivity contribution in [3.8, 4) is 17.1 Å².